The molecule has 2 N–H and O–H groups in total. The van der Waals surface area contributed by atoms with Gasteiger partial charge in [-0.05, 0) is 45.4 Å². The monoisotopic (exact) mass is 1000 g/mol. The van der Waals surface area contributed by atoms with Crippen LogP contribution < -0.4 is 0 Å². The Balaban J connectivity index is 2.89. The molecule has 70 heavy (non-hydrogen) atoms. The number of esters is 4. The third kappa shape index (κ3) is 35.1. The van der Waals surface area contributed by atoms with Gasteiger partial charge in [-0.3, -0.25) is 33.9 Å². The van der Waals surface area contributed by atoms with Gasteiger partial charge in [-0.2, -0.15) is 0 Å². The van der Waals surface area contributed by atoms with Gasteiger partial charge in [0, 0.05) is 6.61 Å². The SMILES string of the molecule is CCCCCCCCOC(=O)CN(CC(=O)OC[C@@H]1CC[C@H](COC(O)CN(CC(=O)OCCCCCCCC)CC(=O)OCCCCCCCC)N1C(=O)OCC)CC(O)OCCCCCCCC. The number of hydrogen-bond donors (Lipinski definition) is 2. The molecule has 1 saturated heterocycles. The third-order valence-electron chi connectivity index (χ3n) is 12.3. The highest BCUT2D eigenvalue weighted by Gasteiger charge is 2.39. The van der Waals surface area contributed by atoms with Crippen LogP contribution in [0.3, 0.4) is 0 Å². The van der Waals surface area contributed by atoms with E-state index in [0.29, 0.717) is 19.4 Å². The molecule has 4 atom stereocenters. The van der Waals surface area contributed by atoms with Gasteiger partial charge in [0.1, 0.15) is 6.61 Å². The van der Waals surface area contributed by atoms with Gasteiger partial charge in [-0.1, -0.05) is 156 Å². The van der Waals surface area contributed by atoms with Crippen molar-refractivity contribution >= 4 is 30.0 Å². The summed E-state index contributed by atoms with van der Waals surface area (Å²) in [5, 5.41) is 21.8. The lowest BCUT2D eigenvalue weighted by Gasteiger charge is -2.30. The molecule has 17 heteroatoms. The van der Waals surface area contributed by atoms with E-state index >= 15 is 0 Å². The lowest BCUT2D eigenvalue weighted by atomic mass is 10.1. The number of aliphatic hydroxyl groups is 2. The van der Waals surface area contributed by atoms with E-state index in [-0.39, 0.29) is 78.9 Å². The molecular weight excluding hydrogens is 903 g/mol. The second-order valence-electron chi connectivity index (χ2n) is 18.9. The highest BCUT2D eigenvalue weighted by molar-refractivity contribution is 5.76. The van der Waals surface area contributed by atoms with E-state index in [4.69, 9.17) is 33.2 Å². The van der Waals surface area contributed by atoms with E-state index in [1.54, 1.807) is 6.92 Å². The number of rotatable bonds is 47. The van der Waals surface area contributed by atoms with Gasteiger partial charge in [0.25, 0.3) is 0 Å². The number of hydrogen-bond acceptors (Lipinski definition) is 16. The first-order valence-corrected chi connectivity index (χ1v) is 27.6. The van der Waals surface area contributed by atoms with Crippen LogP contribution in [0.25, 0.3) is 0 Å². The zero-order valence-electron chi connectivity index (χ0n) is 44.5. The second-order valence-corrected chi connectivity index (χ2v) is 18.9. The lowest BCUT2D eigenvalue weighted by molar-refractivity contribution is -0.155. The summed E-state index contributed by atoms with van der Waals surface area (Å²) in [6, 6.07) is -1.12. The molecule has 0 radical (unpaired) electrons. The molecule has 17 nitrogen and oxygen atoms in total. The van der Waals surface area contributed by atoms with E-state index in [1.165, 1.54) is 40.4 Å². The molecular formula is C53H99N3O14. The fraction of sp³-hybridized carbons (Fsp3) is 0.906. The van der Waals surface area contributed by atoms with Crippen molar-refractivity contribution in [3.05, 3.63) is 0 Å². The molecule has 1 amide bonds. The molecule has 1 rings (SSSR count). The smallest absolute Gasteiger partial charge is 0.410 e. The highest BCUT2D eigenvalue weighted by atomic mass is 16.6. The first-order valence-electron chi connectivity index (χ1n) is 27.6. The minimum Gasteiger partial charge on any atom is -0.465 e. The molecule has 1 fully saturated rings. The minimum absolute atomic E-state index is 0.101. The van der Waals surface area contributed by atoms with Crippen LogP contribution in [0.2, 0.25) is 0 Å². The third-order valence-corrected chi connectivity index (χ3v) is 12.3. The summed E-state index contributed by atoms with van der Waals surface area (Å²) in [6.45, 7) is 9.91. The van der Waals surface area contributed by atoms with Crippen molar-refractivity contribution in [1.29, 1.82) is 0 Å². The molecule has 1 aliphatic heterocycles. The molecule has 0 aromatic rings. The minimum atomic E-state index is -1.44. The Morgan fingerprint density at radius 2 is 0.757 bits per heavy atom. The summed E-state index contributed by atoms with van der Waals surface area (Å²) in [6.07, 6.45) is 22.7. The average Bonchev–Trinajstić information content (AvgIpc) is 3.74. The van der Waals surface area contributed by atoms with Crippen LogP contribution >= 0.6 is 0 Å². The standard InChI is InChI=1S/C53H99N3O14/c1-6-11-15-19-23-27-33-65-47(57)37-54(38-48(58)66-34-28-24-20-16-12-7-2)41-51(61)69-43-45-31-32-46(56(45)53(63)64-10-5)44-70-52(62)42-55(39-49(59)67-35-29-25-21-17-13-8-3)40-50(60)68-36-30-26-22-18-14-9-4/h45-47,52,57,62H,6-44H2,1-5H3/t45-,46+,47?,52?/m0/s1. The van der Waals surface area contributed by atoms with Crippen LogP contribution in [0.5, 0.6) is 0 Å². The van der Waals surface area contributed by atoms with E-state index in [1.807, 2.05) is 0 Å². The van der Waals surface area contributed by atoms with E-state index in [2.05, 4.69) is 27.7 Å². The van der Waals surface area contributed by atoms with Crippen molar-refractivity contribution in [2.45, 2.75) is 226 Å². The summed E-state index contributed by atoms with van der Waals surface area (Å²) >= 11 is 0. The quantitative estimate of drug-likeness (QED) is 0.0253. The molecule has 0 saturated carbocycles. The second kappa shape index (κ2) is 44.6. The average molecular weight is 1000 g/mol. The maximum Gasteiger partial charge on any atom is 0.410 e. The molecule has 1 heterocycles. The Bertz CT molecular complexity index is 1300. The summed E-state index contributed by atoms with van der Waals surface area (Å²) in [5.41, 5.74) is 0. The number of ether oxygens (including phenoxy) is 7. The van der Waals surface area contributed by atoms with Crippen molar-refractivity contribution in [1.82, 2.24) is 14.7 Å². The van der Waals surface area contributed by atoms with Crippen molar-refractivity contribution < 1.29 is 67.3 Å². The van der Waals surface area contributed by atoms with Gasteiger partial charge in [0.15, 0.2) is 12.6 Å². The van der Waals surface area contributed by atoms with Gasteiger partial charge in [0.2, 0.25) is 0 Å². The zero-order valence-corrected chi connectivity index (χ0v) is 44.5. The number of carbonyl (C=O) groups excluding carboxylic acids is 5. The van der Waals surface area contributed by atoms with E-state index in [9.17, 15) is 34.2 Å². The first kappa shape index (κ1) is 64.9. The Labute approximate surface area is 422 Å². The fourth-order valence-corrected chi connectivity index (χ4v) is 8.33. The van der Waals surface area contributed by atoms with Gasteiger partial charge in [-0.25, -0.2) is 4.79 Å². The van der Waals surface area contributed by atoms with E-state index < -0.39 is 54.6 Å². The van der Waals surface area contributed by atoms with Gasteiger partial charge in [-0.15, -0.1) is 0 Å². The number of aliphatic hydroxyl groups excluding tert-OH is 2. The van der Waals surface area contributed by atoms with Crippen LogP contribution in [-0.2, 0) is 52.3 Å². The Kier molecular flexibility index (Phi) is 41.4. The highest BCUT2D eigenvalue weighted by Crippen LogP contribution is 2.26. The van der Waals surface area contributed by atoms with Crippen molar-refractivity contribution in [3.8, 4) is 0 Å². The molecule has 1 aliphatic rings. The Hall–Kier alpha value is -3.09. The van der Waals surface area contributed by atoms with Crippen molar-refractivity contribution in [2.75, 3.05) is 85.5 Å². The molecule has 0 bridgehead atoms. The Morgan fingerprint density at radius 3 is 1.14 bits per heavy atom. The molecule has 2 unspecified atom stereocenters. The van der Waals surface area contributed by atoms with Crippen molar-refractivity contribution in [2.24, 2.45) is 0 Å². The molecule has 0 spiro atoms. The van der Waals surface area contributed by atoms with Crippen LogP contribution in [0.4, 0.5) is 4.79 Å². The summed E-state index contributed by atoms with van der Waals surface area (Å²) in [7, 11) is 0. The van der Waals surface area contributed by atoms with Crippen LogP contribution in [0.1, 0.15) is 202 Å². The first-order chi connectivity index (χ1) is 34.0. The van der Waals surface area contributed by atoms with E-state index in [0.717, 1.165) is 128 Å². The van der Waals surface area contributed by atoms with Crippen LogP contribution in [0, 0.1) is 0 Å². The summed E-state index contributed by atoms with van der Waals surface area (Å²) in [4.78, 5) is 69.6. The molecule has 0 aliphatic carbocycles. The van der Waals surface area contributed by atoms with Crippen LogP contribution in [-0.4, -0.2) is 165 Å². The zero-order chi connectivity index (χ0) is 51.5. The largest absolute Gasteiger partial charge is 0.465 e. The number of carbonyl (C=O) groups is 5. The van der Waals surface area contributed by atoms with Crippen LogP contribution in [0.15, 0.2) is 0 Å². The van der Waals surface area contributed by atoms with Gasteiger partial charge < -0.3 is 43.4 Å². The molecule has 410 valence electrons. The predicted octanol–water partition coefficient (Wildman–Crippen LogP) is 8.86. The summed E-state index contributed by atoms with van der Waals surface area (Å²) in [5.74, 6) is -2.23. The maximum absolute atomic E-state index is 13.3. The predicted molar refractivity (Wildman–Crippen MR) is 270 cm³/mol. The number of unbranched alkanes of at least 4 members (excludes halogenated alkanes) is 20. The Morgan fingerprint density at radius 1 is 0.429 bits per heavy atom. The van der Waals surface area contributed by atoms with Gasteiger partial charge in [0.05, 0.1) is 84.4 Å². The molecule has 0 aromatic heterocycles. The lowest BCUT2D eigenvalue weighted by Crippen LogP contribution is -2.47. The molecule has 0 aromatic carbocycles. The maximum atomic E-state index is 13.3. The van der Waals surface area contributed by atoms with Gasteiger partial charge >= 0.3 is 30.0 Å². The number of likely N-dealkylation sites (tertiary alicyclic amines) is 1. The summed E-state index contributed by atoms with van der Waals surface area (Å²) < 4.78 is 39.0. The topological polar surface area (TPSA) is 200 Å². The number of amides is 1. The fourth-order valence-electron chi connectivity index (χ4n) is 8.33. The number of nitrogens with zero attached hydrogens (tertiary/aromatic N) is 3. The van der Waals surface area contributed by atoms with Crippen molar-refractivity contribution in [3.63, 3.8) is 0 Å². The normalized spacial score (nSPS) is 15.6.